The lowest BCUT2D eigenvalue weighted by atomic mass is 9.83. The molecule has 0 saturated carbocycles. The van der Waals surface area contributed by atoms with E-state index < -0.39 is 10.0 Å². The average Bonchev–Trinajstić information content (AvgIpc) is 2.40. The lowest BCUT2D eigenvalue weighted by Crippen LogP contribution is -2.42. The van der Waals surface area contributed by atoms with Crippen molar-refractivity contribution >= 4 is 15.7 Å². The van der Waals surface area contributed by atoms with Crippen LogP contribution in [-0.2, 0) is 10.0 Å². The van der Waals surface area contributed by atoms with Crippen LogP contribution in [0.2, 0.25) is 0 Å². The van der Waals surface area contributed by atoms with Crippen LogP contribution in [0.3, 0.4) is 0 Å². The zero-order valence-corrected chi connectivity index (χ0v) is 13.5. The molecule has 1 aliphatic heterocycles. The molecule has 1 fully saturated rings. The fourth-order valence-corrected chi connectivity index (χ4v) is 3.62. The van der Waals surface area contributed by atoms with Gasteiger partial charge in [0.05, 0.1) is 5.75 Å². The van der Waals surface area contributed by atoms with E-state index in [0.29, 0.717) is 24.5 Å². The second-order valence-electron chi connectivity index (χ2n) is 6.30. The minimum absolute atomic E-state index is 0.0117. The molecular weight excluding hydrogens is 288 g/mol. The lowest BCUT2D eigenvalue weighted by Gasteiger charge is -2.36. The highest BCUT2D eigenvalue weighted by Crippen LogP contribution is 2.30. The second kappa shape index (κ2) is 6.23. The highest BCUT2D eigenvalue weighted by molar-refractivity contribution is 7.89. The number of hydrogen-bond acceptors (Lipinski definition) is 4. The van der Waals surface area contributed by atoms with E-state index in [0.717, 1.165) is 12.8 Å². The highest BCUT2D eigenvalue weighted by Gasteiger charge is 2.31. The summed E-state index contributed by atoms with van der Waals surface area (Å²) in [4.78, 5) is 0. The molecule has 1 heterocycles. The first-order valence-corrected chi connectivity index (χ1v) is 8.86. The number of nitrogen functional groups attached to an aromatic ring is 1. The molecule has 1 aromatic rings. The summed E-state index contributed by atoms with van der Waals surface area (Å²) < 4.78 is 31.6. The van der Waals surface area contributed by atoms with Gasteiger partial charge in [0, 0.05) is 18.8 Å². The second-order valence-corrected chi connectivity index (χ2v) is 8.39. The van der Waals surface area contributed by atoms with Gasteiger partial charge in [-0.3, -0.25) is 0 Å². The van der Waals surface area contributed by atoms with E-state index in [9.17, 15) is 8.42 Å². The molecule has 0 spiro atoms. The number of hydrogen-bond donors (Lipinski definition) is 1. The smallest absolute Gasteiger partial charge is 0.217 e. The Labute approximate surface area is 127 Å². The van der Waals surface area contributed by atoms with Gasteiger partial charge in [-0.25, -0.2) is 12.7 Å². The highest BCUT2D eigenvalue weighted by atomic mass is 32.2. The summed E-state index contributed by atoms with van der Waals surface area (Å²) in [6, 6.07) is 6.95. The summed E-state index contributed by atoms with van der Waals surface area (Å²) >= 11 is 0. The Balaban J connectivity index is 1.83. The van der Waals surface area contributed by atoms with Crippen molar-refractivity contribution in [3.05, 3.63) is 24.3 Å². The third-order valence-electron chi connectivity index (χ3n) is 3.96. The molecule has 2 rings (SSSR count). The normalized spacial score (nSPS) is 19.3. The number of sulfonamides is 1. The van der Waals surface area contributed by atoms with Gasteiger partial charge < -0.3 is 10.5 Å². The van der Waals surface area contributed by atoms with Crippen LogP contribution in [0.1, 0.15) is 26.7 Å². The Morgan fingerprint density at radius 3 is 2.33 bits per heavy atom. The molecule has 21 heavy (non-hydrogen) atoms. The molecular formula is C15H24N2O3S. The van der Waals surface area contributed by atoms with Crippen LogP contribution in [0.5, 0.6) is 5.75 Å². The van der Waals surface area contributed by atoms with Crippen LogP contribution in [0, 0.1) is 5.41 Å². The van der Waals surface area contributed by atoms with Crippen LogP contribution in [0.25, 0.3) is 0 Å². The minimum atomic E-state index is -3.23. The van der Waals surface area contributed by atoms with E-state index in [4.69, 9.17) is 10.5 Å². The minimum Gasteiger partial charge on any atom is -0.492 e. The number of ether oxygens (including phenoxy) is 1. The number of benzene rings is 1. The van der Waals surface area contributed by atoms with E-state index >= 15 is 0 Å². The van der Waals surface area contributed by atoms with E-state index in [-0.39, 0.29) is 17.8 Å². The first-order valence-electron chi connectivity index (χ1n) is 7.25. The molecule has 0 radical (unpaired) electrons. The molecule has 2 N–H and O–H groups in total. The van der Waals surface area contributed by atoms with E-state index in [2.05, 4.69) is 13.8 Å². The van der Waals surface area contributed by atoms with Crippen molar-refractivity contribution in [2.45, 2.75) is 26.7 Å². The van der Waals surface area contributed by atoms with Gasteiger partial charge in [0.2, 0.25) is 10.0 Å². The average molecular weight is 312 g/mol. The summed E-state index contributed by atoms with van der Waals surface area (Å²) in [5, 5.41) is 0. The number of rotatable bonds is 5. The van der Waals surface area contributed by atoms with Gasteiger partial charge in [-0.2, -0.15) is 0 Å². The van der Waals surface area contributed by atoms with Gasteiger partial charge >= 0.3 is 0 Å². The Bertz CT molecular complexity index is 557. The zero-order valence-electron chi connectivity index (χ0n) is 12.7. The van der Waals surface area contributed by atoms with Crippen molar-refractivity contribution in [2.75, 3.05) is 31.2 Å². The Kier molecular flexibility index (Phi) is 4.78. The summed E-state index contributed by atoms with van der Waals surface area (Å²) in [6.07, 6.45) is 1.82. The number of piperidine rings is 1. The maximum Gasteiger partial charge on any atom is 0.217 e. The topological polar surface area (TPSA) is 72.6 Å². The maximum atomic E-state index is 12.3. The van der Waals surface area contributed by atoms with Crippen molar-refractivity contribution < 1.29 is 13.2 Å². The van der Waals surface area contributed by atoms with Crippen LogP contribution in [-0.4, -0.2) is 38.2 Å². The fraction of sp³-hybridized carbons (Fsp3) is 0.600. The molecule has 5 nitrogen and oxygen atoms in total. The number of anilines is 1. The van der Waals surface area contributed by atoms with Crippen molar-refractivity contribution in [1.82, 2.24) is 4.31 Å². The van der Waals surface area contributed by atoms with Crippen molar-refractivity contribution in [2.24, 2.45) is 5.41 Å². The summed E-state index contributed by atoms with van der Waals surface area (Å²) in [7, 11) is -3.23. The number of nitrogens with zero attached hydrogens (tertiary/aromatic N) is 1. The summed E-state index contributed by atoms with van der Waals surface area (Å²) in [5.74, 6) is 0.650. The molecule has 0 amide bonds. The van der Waals surface area contributed by atoms with Gasteiger partial charge in [-0.1, -0.05) is 13.8 Å². The molecule has 0 unspecified atom stereocenters. The van der Waals surface area contributed by atoms with E-state index in [1.165, 1.54) is 0 Å². The predicted molar refractivity (Wildman–Crippen MR) is 84.7 cm³/mol. The van der Waals surface area contributed by atoms with Gasteiger partial charge in [0.1, 0.15) is 12.4 Å². The van der Waals surface area contributed by atoms with Gasteiger partial charge in [-0.05, 0) is 42.5 Å². The summed E-state index contributed by atoms with van der Waals surface area (Å²) in [6.45, 7) is 5.74. The van der Waals surface area contributed by atoms with Crippen LogP contribution >= 0.6 is 0 Å². The van der Waals surface area contributed by atoms with Crippen LogP contribution < -0.4 is 10.5 Å². The van der Waals surface area contributed by atoms with Crippen molar-refractivity contribution in [1.29, 1.82) is 0 Å². The molecule has 1 aliphatic rings. The molecule has 0 atom stereocenters. The molecule has 6 heteroatoms. The van der Waals surface area contributed by atoms with Gasteiger partial charge in [0.15, 0.2) is 0 Å². The van der Waals surface area contributed by atoms with E-state index in [1.54, 1.807) is 28.6 Å². The zero-order chi connectivity index (χ0) is 15.5. The largest absolute Gasteiger partial charge is 0.492 e. The Morgan fingerprint density at radius 1 is 1.19 bits per heavy atom. The van der Waals surface area contributed by atoms with Gasteiger partial charge in [0.25, 0.3) is 0 Å². The Morgan fingerprint density at radius 2 is 1.76 bits per heavy atom. The van der Waals surface area contributed by atoms with Crippen molar-refractivity contribution in [3.8, 4) is 5.75 Å². The SMILES string of the molecule is CC1(C)CCN(S(=O)(=O)CCOc2ccc(N)cc2)CC1. The fourth-order valence-electron chi connectivity index (χ4n) is 2.33. The molecule has 1 saturated heterocycles. The maximum absolute atomic E-state index is 12.3. The molecule has 118 valence electrons. The van der Waals surface area contributed by atoms with Crippen LogP contribution in [0.15, 0.2) is 24.3 Å². The molecule has 0 bridgehead atoms. The van der Waals surface area contributed by atoms with E-state index in [1.807, 2.05) is 0 Å². The first kappa shape index (κ1) is 16.1. The van der Waals surface area contributed by atoms with Crippen LogP contribution in [0.4, 0.5) is 5.69 Å². The third-order valence-corrected chi connectivity index (χ3v) is 5.79. The first-order chi connectivity index (χ1) is 9.78. The number of nitrogens with two attached hydrogens (primary N) is 1. The monoisotopic (exact) mass is 312 g/mol. The Hall–Kier alpha value is -1.27. The lowest BCUT2D eigenvalue weighted by molar-refractivity contribution is 0.195. The third kappa shape index (κ3) is 4.61. The summed E-state index contributed by atoms with van der Waals surface area (Å²) in [5.41, 5.74) is 6.49. The quantitative estimate of drug-likeness (QED) is 0.845. The molecule has 0 aromatic heterocycles. The molecule has 0 aliphatic carbocycles. The standard InChI is InChI=1S/C15H24N2O3S/c1-15(2)7-9-17(10-8-15)21(18,19)12-11-20-14-5-3-13(16)4-6-14/h3-6H,7-12,16H2,1-2H3. The predicted octanol–water partition coefficient (Wildman–Crippen LogP) is 2.10. The molecule has 1 aromatic carbocycles. The van der Waals surface area contributed by atoms with Crippen molar-refractivity contribution in [3.63, 3.8) is 0 Å². The van der Waals surface area contributed by atoms with Gasteiger partial charge in [-0.15, -0.1) is 0 Å².